The normalized spacial score (nSPS) is 12.6. The Balaban J connectivity index is 2.41. The molecule has 1 aromatic rings. The SMILES string of the molecule is CCCCCCCC(CC)c1ccccc1O. The number of hydrogen-bond acceptors (Lipinski definition) is 1. The van der Waals surface area contributed by atoms with E-state index in [0.717, 1.165) is 12.0 Å². The van der Waals surface area contributed by atoms with Crippen molar-refractivity contribution < 1.29 is 5.11 Å². The number of unbranched alkanes of at least 4 members (excludes halogenated alkanes) is 4. The number of aromatic hydroxyl groups is 1. The molecule has 0 spiro atoms. The van der Waals surface area contributed by atoms with Crippen LogP contribution in [0.2, 0.25) is 0 Å². The number of rotatable bonds is 8. The fourth-order valence-corrected chi connectivity index (χ4v) is 2.41. The second-order valence-corrected chi connectivity index (χ2v) is 4.87. The van der Waals surface area contributed by atoms with Crippen LogP contribution in [0.1, 0.15) is 70.3 Å². The Morgan fingerprint density at radius 1 is 1.00 bits per heavy atom. The molecular weight excluding hydrogens is 208 g/mol. The van der Waals surface area contributed by atoms with Gasteiger partial charge in [-0.25, -0.2) is 0 Å². The first kappa shape index (κ1) is 14.1. The van der Waals surface area contributed by atoms with E-state index in [4.69, 9.17) is 0 Å². The van der Waals surface area contributed by atoms with E-state index in [1.54, 1.807) is 6.07 Å². The minimum absolute atomic E-state index is 0.466. The third-order valence-electron chi connectivity index (χ3n) is 3.53. The Morgan fingerprint density at radius 2 is 1.71 bits per heavy atom. The molecule has 96 valence electrons. The van der Waals surface area contributed by atoms with Gasteiger partial charge in [0.1, 0.15) is 5.75 Å². The second kappa shape index (κ2) is 8.16. The van der Waals surface area contributed by atoms with Crippen LogP contribution in [-0.2, 0) is 0 Å². The van der Waals surface area contributed by atoms with Crippen LogP contribution in [0.15, 0.2) is 24.3 Å². The lowest BCUT2D eigenvalue weighted by molar-refractivity contribution is 0.450. The molecule has 0 aromatic heterocycles. The highest BCUT2D eigenvalue weighted by Gasteiger charge is 2.12. The molecule has 1 heteroatoms. The van der Waals surface area contributed by atoms with E-state index >= 15 is 0 Å². The highest BCUT2D eigenvalue weighted by molar-refractivity contribution is 5.34. The van der Waals surface area contributed by atoms with E-state index in [1.165, 1.54) is 38.5 Å². The second-order valence-electron chi connectivity index (χ2n) is 4.87. The molecule has 1 N–H and O–H groups in total. The van der Waals surface area contributed by atoms with Gasteiger partial charge in [0.2, 0.25) is 0 Å². The Labute approximate surface area is 106 Å². The van der Waals surface area contributed by atoms with Gasteiger partial charge in [-0.05, 0) is 30.4 Å². The first-order chi connectivity index (χ1) is 8.29. The molecule has 0 saturated carbocycles. The van der Waals surface area contributed by atoms with Crippen LogP contribution in [-0.4, -0.2) is 5.11 Å². The van der Waals surface area contributed by atoms with E-state index in [-0.39, 0.29) is 0 Å². The van der Waals surface area contributed by atoms with Crippen molar-refractivity contribution in [3.8, 4) is 5.75 Å². The van der Waals surface area contributed by atoms with Crippen LogP contribution in [0.3, 0.4) is 0 Å². The number of para-hydroxylation sites is 1. The number of benzene rings is 1. The fourth-order valence-electron chi connectivity index (χ4n) is 2.41. The molecule has 0 bridgehead atoms. The van der Waals surface area contributed by atoms with Crippen molar-refractivity contribution in [1.82, 2.24) is 0 Å². The van der Waals surface area contributed by atoms with E-state index in [1.807, 2.05) is 12.1 Å². The van der Waals surface area contributed by atoms with Gasteiger partial charge in [0.25, 0.3) is 0 Å². The lowest BCUT2D eigenvalue weighted by Gasteiger charge is -2.16. The van der Waals surface area contributed by atoms with Crippen molar-refractivity contribution in [2.75, 3.05) is 0 Å². The summed E-state index contributed by atoms with van der Waals surface area (Å²) in [5.74, 6) is 0.991. The molecule has 1 rings (SSSR count). The van der Waals surface area contributed by atoms with Crippen LogP contribution < -0.4 is 0 Å². The fraction of sp³-hybridized carbons (Fsp3) is 0.625. The van der Waals surface area contributed by atoms with E-state index in [2.05, 4.69) is 19.9 Å². The summed E-state index contributed by atoms with van der Waals surface area (Å²) in [6.45, 7) is 4.46. The first-order valence-electron chi connectivity index (χ1n) is 7.07. The largest absolute Gasteiger partial charge is 0.508 e. The number of hydrogen-bond donors (Lipinski definition) is 1. The summed E-state index contributed by atoms with van der Waals surface area (Å²) in [5.41, 5.74) is 1.13. The highest BCUT2D eigenvalue weighted by atomic mass is 16.3. The topological polar surface area (TPSA) is 20.2 Å². The van der Waals surface area contributed by atoms with Gasteiger partial charge in [-0.2, -0.15) is 0 Å². The predicted octanol–water partition coefficient (Wildman–Crippen LogP) is 5.25. The minimum atomic E-state index is 0.466. The Morgan fingerprint density at radius 3 is 2.35 bits per heavy atom. The third-order valence-corrected chi connectivity index (χ3v) is 3.53. The zero-order valence-corrected chi connectivity index (χ0v) is 11.3. The van der Waals surface area contributed by atoms with Gasteiger partial charge >= 0.3 is 0 Å². The Bertz CT molecular complexity index is 306. The quantitative estimate of drug-likeness (QED) is 0.609. The zero-order chi connectivity index (χ0) is 12.5. The molecule has 0 aliphatic carbocycles. The average molecular weight is 234 g/mol. The first-order valence-corrected chi connectivity index (χ1v) is 7.07. The van der Waals surface area contributed by atoms with Gasteiger partial charge < -0.3 is 5.11 Å². The standard InChI is InChI=1S/C16H26O/c1-3-5-6-7-8-11-14(4-2)15-12-9-10-13-16(15)17/h9-10,12-14,17H,3-8,11H2,1-2H3. The predicted molar refractivity (Wildman–Crippen MR) is 74.5 cm³/mol. The molecule has 0 aliphatic heterocycles. The molecule has 1 unspecified atom stereocenters. The van der Waals surface area contributed by atoms with E-state index < -0.39 is 0 Å². The third kappa shape index (κ3) is 4.80. The number of phenolic OH excluding ortho intramolecular Hbond substituents is 1. The smallest absolute Gasteiger partial charge is 0.119 e. The summed E-state index contributed by atoms with van der Waals surface area (Å²) in [7, 11) is 0. The van der Waals surface area contributed by atoms with Gasteiger partial charge in [0.15, 0.2) is 0 Å². The minimum Gasteiger partial charge on any atom is -0.508 e. The summed E-state index contributed by atoms with van der Waals surface area (Å²) in [6.07, 6.45) is 8.95. The van der Waals surface area contributed by atoms with Crippen molar-refractivity contribution in [1.29, 1.82) is 0 Å². The van der Waals surface area contributed by atoms with Gasteiger partial charge in [-0.3, -0.25) is 0 Å². The van der Waals surface area contributed by atoms with Crippen molar-refractivity contribution >= 4 is 0 Å². The molecule has 1 atom stereocenters. The van der Waals surface area contributed by atoms with Crippen molar-refractivity contribution in [3.63, 3.8) is 0 Å². The lowest BCUT2D eigenvalue weighted by Crippen LogP contribution is -1.98. The van der Waals surface area contributed by atoms with Gasteiger partial charge in [-0.1, -0.05) is 64.2 Å². The Hall–Kier alpha value is -0.980. The molecule has 0 heterocycles. The van der Waals surface area contributed by atoms with Crippen molar-refractivity contribution in [2.24, 2.45) is 0 Å². The summed E-state index contributed by atoms with van der Waals surface area (Å²) in [6, 6.07) is 7.78. The molecule has 0 amide bonds. The number of phenols is 1. The van der Waals surface area contributed by atoms with Crippen LogP contribution >= 0.6 is 0 Å². The van der Waals surface area contributed by atoms with Gasteiger partial charge in [0, 0.05) is 0 Å². The van der Waals surface area contributed by atoms with Crippen molar-refractivity contribution in [2.45, 2.75) is 64.7 Å². The zero-order valence-electron chi connectivity index (χ0n) is 11.3. The summed E-state index contributed by atoms with van der Waals surface area (Å²) < 4.78 is 0. The molecule has 1 aromatic carbocycles. The summed E-state index contributed by atoms with van der Waals surface area (Å²) in [5, 5.41) is 9.85. The molecule has 17 heavy (non-hydrogen) atoms. The van der Waals surface area contributed by atoms with Crippen molar-refractivity contribution in [3.05, 3.63) is 29.8 Å². The summed E-state index contributed by atoms with van der Waals surface area (Å²) in [4.78, 5) is 0. The van der Waals surface area contributed by atoms with Crippen LogP contribution in [0.25, 0.3) is 0 Å². The highest BCUT2D eigenvalue weighted by Crippen LogP contribution is 2.31. The summed E-state index contributed by atoms with van der Waals surface area (Å²) >= 11 is 0. The molecule has 0 saturated heterocycles. The van der Waals surface area contributed by atoms with Crippen LogP contribution in [0.5, 0.6) is 5.75 Å². The monoisotopic (exact) mass is 234 g/mol. The molecule has 0 aliphatic rings. The molecule has 0 fully saturated rings. The van der Waals surface area contributed by atoms with Gasteiger partial charge in [0.05, 0.1) is 0 Å². The van der Waals surface area contributed by atoms with E-state index in [9.17, 15) is 5.11 Å². The maximum atomic E-state index is 9.85. The molecule has 0 radical (unpaired) electrons. The van der Waals surface area contributed by atoms with E-state index in [0.29, 0.717) is 11.7 Å². The van der Waals surface area contributed by atoms with Crippen LogP contribution in [0, 0.1) is 0 Å². The lowest BCUT2D eigenvalue weighted by atomic mass is 9.90. The van der Waals surface area contributed by atoms with Gasteiger partial charge in [-0.15, -0.1) is 0 Å². The molecular formula is C16H26O. The van der Waals surface area contributed by atoms with Crippen LogP contribution in [0.4, 0.5) is 0 Å². The average Bonchev–Trinajstić information content (AvgIpc) is 2.35. The maximum absolute atomic E-state index is 9.85. The maximum Gasteiger partial charge on any atom is 0.119 e. The Kier molecular flexibility index (Phi) is 6.76. The molecule has 1 nitrogen and oxygen atoms in total.